The first-order valence-electron chi connectivity index (χ1n) is 8.44. The van der Waals surface area contributed by atoms with Gasteiger partial charge in [-0.2, -0.15) is 0 Å². The Hall–Kier alpha value is -0.120. The van der Waals surface area contributed by atoms with Gasteiger partial charge in [-0.3, -0.25) is 0 Å². The van der Waals surface area contributed by atoms with Crippen LogP contribution in [0.1, 0.15) is 52.9 Å². The van der Waals surface area contributed by atoms with Crippen LogP contribution in [-0.2, 0) is 0 Å². The van der Waals surface area contributed by atoms with Gasteiger partial charge in [-0.15, -0.1) is 0 Å². The van der Waals surface area contributed by atoms with Crippen molar-refractivity contribution in [3.8, 4) is 0 Å². The summed E-state index contributed by atoms with van der Waals surface area (Å²) < 4.78 is 0. The highest BCUT2D eigenvalue weighted by atomic mass is 15.3. The van der Waals surface area contributed by atoms with E-state index in [0.29, 0.717) is 6.04 Å². The second-order valence-electron chi connectivity index (χ2n) is 6.03. The normalized spacial score (nSPS) is 19.7. The van der Waals surface area contributed by atoms with Crippen LogP contribution in [0.15, 0.2) is 0 Å². The lowest BCUT2D eigenvalue weighted by Crippen LogP contribution is -2.46. The zero-order chi connectivity index (χ0) is 13.9. The Bertz CT molecular complexity index is 200. The lowest BCUT2D eigenvalue weighted by molar-refractivity contribution is 0.130. The molecule has 0 aromatic carbocycles. The molecule has 0 aromatic heterocycles. The number of nitrogens with zero attached hydrogens (tertiary/aromatic N) is 2. The van der Waals surface area contributed by atoms with Crippen molar-refractivity contribution in [3.63, 3.8) is 0 Å². The highest BCUT2D eigenvalue weighted by Crippen LogP contribution is 2.06. The molecule has 0 radical (unpaired) electrons. The molecule has 3 nitrogen and oxygen atoms in total. The topological polar surface area (TPSA) is 18.5 Å². The van der Waals surface area contributed by atoms with Crippen molar-refractivity contribution in [1.82, 2.24) is 15.1 Å². The number of piperazine rings is 1. The van der Waals surface area contributed by atoms with Crippen molar-refractivity contribution >= 4 is 0 Å². The van der Waals surface area contributed by atoms with Gasteiger partial charge in [-0.05, 0) is 52.2 Å². The smallest absolute Gasteiger partial charge is 0.0110 e. The molecule has 0 saturated carbocycles. The van der Waals surface area contributed by atoms with Gasteiger partial charge in [0.05, 0.1) is 0 Å². The quantitative estimate of drug-likeness (QED) is 0.615. The Balaban J connectivity index is 1.96. The SMILES string of the molecule is CCCNC(C)CCCCN1CCN(CCC)CC1. The number of rotatable bonds is 10. The maximum atomic E-state index is 3.57. The molecule has 1 saturated heterocycles. The van der Waals surface area contributed by atoms with Crippen LogP contribution in [0.3, 0.4) is 0 Å². The molecule has 114 valence electrons. The van der Waals surface area contributed by atoms with E-state index in [9.17, 15) is 0 Å². The molecule has 1 rings (SSSR count). The van der Waals surface area contributed by atoms with Crippen molar-refractivity contribution < 1.29 is 0 Å². The van der Waals surface area contributed by atoms with Gasteiger partial charge in [-0.25, -0.2) is 0 Å². The summed E-state index contributed by atoms with van der Waals surface area (Å²) in [6, 6.07) is 0.696. The van der Waals surface area contributed by atoms with Crippen LogP contribution in [0.25, 0.3) is 0 Å². The highest BCUT2D eigenvalue weighted by molar-refractivity contribution is 4.71. The Labute approximate surface area is 120 Å². The van der Waals surface area contributed by atoms with Crippen molar-refractivity contribution in [2.24, 2.45) is 0 Å². The molecule has 1 N–H and O–H groups in total. The first-order valence-corrected chi connectivity index (χ1v) is 8.44. The van der Waals surface area contributed by atoms with Gasteiger partial charge >= 0.3 is 0 Å². The number of nitrogens with one attached hydrogen (secondary N) is 1. The van der Waals surface area contributed by atoms with Gasteiger partial charge in [-0.1, -0.05) is 20.3 Å². The van der Waals surface area contributed by atoms with Gasteiger partial charge in [0.2, 0.25) is 0 Å². The standard InChI is InChI=1S/C16H35N3/c1-4-9-17-16(3)8-6-7-11-19-14-12-18(10-5-2)13-15-19/h16-17H,4-15H2,1-3H3. The molecule has 0 aliphatic carbocycles. The fraction of sp³-hybridized carbons (Fsp3) is 1.00. The van der Waals surface area contributed by atoms with Crippen molar-refractivity contribution in [3.05, 3.63) is 0 Å². The number of hydrogen-bond donors (Lipinski definition) is 1. The predicted molar refractivity (Wildman–Crippen MR) is 84.8 cm³/mol. The second kappa shape index (κ2) is 10.6. The summed E-state index contributed by atoms with van der Waals surface area (Å²) in [6.07, 6.45) is 6.60. The Morgan fingerprint density at radius 3 is 2.11 bits per heavy atom. The van der Waals surface area contributed by atoms with E-state index in [0.717, 1.165) is 0 Å². The third kappa shape index (κ3) is 7.91. The molecule has 0 amide bonds. The van der Waals surface area contributed by atoms with Gasteiger partial charge in [0.25, 0.3) is 0 Å². The fourth-order valence-electron chi connectivity index (χ4n) is 2.83. The summed E-state index contributed by atoms with van der Waals surface area (Å²) in [7, 11) is 0. The molecule has 19 heavy (non-hydrogen) atoms. The van der Waals surface area contributed by atoms with Crippen LogP contribution in [0.5, 0.6) is 0 Å². The number of hydrogen-bond acceptors (Lipinski definition) is 3. The molecule has 3 heteroatoms. The van der Waals surface area contributed by atoms with Gasteiger partial charge < -0.3 is 15.1 Å². The fourth-order valence-corrected chi connectivity index (χ4v) is 2.83. The average Bonchev–Trinajstić information content (AvgIpc) is 2.43. The van der Waals surface area contributed by atoms with Crippen LogP contribution in [0.2, 0.25) is 0 Å². The van der Waals surface area contributed by atoms with E-state index >= 15 is 0 Å². The third-order valence-corrected chi connectivity index (χ3v) is 4.11. The number of unbranched alkanes of at least 4 members (excludes halogenated alkanes) is 1. The monoisotopic (exact) mass is 269 g/mol. The predicted octanol–water partition coefficient (Wildman–Crippen LogP) is 2.57. The van der Waals surface area contributed by atoms with E-state index in [1.54, 1.807) is 0 Å². The molecule has 1 aliphatic heterocycles. The molecule has 1 aliphatic rings. The molecule has 1 heterocycles. The lowest BCUT2D eigenvalue weighted by Gasteiger charge is -2.34. The molecular weight excluding hydrogens is 234 g/mol. The van der Waals surface area contributed by atoms with Gasteiger partial charge in [0.15, 0.2) is 0 Å². The van der Waals surface area contributed by atoms with E-state index in [-0.39, 0.29) is 0 Å². The maximum absolute atomic E-state index is 3.57. The minimum Gasteiger partial charge on any atom is -0.314 e. The zero-order valence-corrected chi connectivity index (χ0v) is 13.5. The van der Waals surface area contributed by atoms with E-state index in [1.807, 2.05) is 0 Å². The van der Waals surface area contributed by atoms with Crippen LogP contribution in [-0.4, -0.2) is 61.7 Å². The molecule has 1 fully saturated rings. The van der Waals surface area contributed by atoms with E-state index < -0.39 is 0 Å². The summed E-state index contributed by atoms with van der Waals surface area (Å²) in [6.45, 7) is 15.7. The first-order chi connectivity index (χ1) is 9.26. The molecule has 1 unspecified atom stereocenters. The molecular formula is C16H35N3. The molecule has 1 atom stereocenters. The van der Waals surface area contributed by atoms with Crippen LogP contribution >= 0.6 is 0 Å². The first kappa shape index (κ1) is 16.9. The maximum Gasteiger partial charge on any atom is 0.0110 e. The summed E-state index contributed by atoms with van der Waals surface area (Å²) in [5, 5.41) is 3.57. The summed E-state index contributed by atoms with van der Waals surface area (Å²) in [4.78, 5) is 5.25. The highest BCUT2D eigenvalue weighted by Gasteiger charge is 2.15. The zero-order valence-electron chi connectivity index (χ0n) is 13.5. The Morgan fingerprint density at radius 2 is 1.53 bits per heavy atom. The minimum atomic E-state index is 0.696. The third-order valence-electron chi connectivity index (χ3n) is 4.11. The Morgan fingerprint density at radius 1 is 0.895 bits per heavy atom. The summed E-state index contributed by atoms with van der Waals surface area (Å²) in [5.41, 5.74) is 0. The van der Waals surface area contributed by atoms with Crippen LogP contribution in [0, 0.1) is 0 Å². The second-order valence-corrected chi connectivity index (χ2v) is 6.03. The van der Waals surface area contributed by atoms with E-state index in [1.165, 1.54) is 77.9 Å². The summed E-state index contributed by atoms with van der Waals surface area (Å²) in [5.74, 6) is 0. The molecule has 0 bridgehead atoms. The van der Waals surface area contributed by atoms with Crippen LogP contribution in [0.4, 0.5) is 0 Å². The van der Waals surface area contributed by atoms with Crippen LogP contribution < -0.4 is 5.32 Å². The van der Waals surface area contributed by atoms with E-state index in [2.05, 4.69) is 35.9 Å². The van der Waals surface area contributed by atoms with Gasteiger partial charge in [0, 0.05) is 32.2 Å². The summed E-state index contributed by atoms with van der Waals surface area (Å²) >= 11 is 0. The van der Waals surface area contributed by atoms with Crippen molar-refractivity contribution in [2.45, 2.75) is 58.9 Å². The Kier molecular flexibility index (Phi) is 9.48. The van der Waals surface area contributed by atoms with Gasteiger partial charge in [0.1, 0.15) is 0 Å². The largest absolute Gasteiger partial charge is 0.314 e. The lowest BCUT2D eigenvalue weighted by atomic mass is 10.1. The molecule has 0 spiro atoms. The minimum absolute atomic E-state index is 0.696. The van der Waals surface area contributed by atoms with Crippen molar-refractivity contribution in [2.75, 3.05) is 45.8 Å². The molecule has 0 aromatic rings. The van der Waals surface area contributed by atoms with E-state index in [4.69, 9.17) is 0 Å². The van der Waals surface area contributed by atoms with Crippen molar-refractivity contribution in [1.29, 1.82) is 0 Å². The average molecular weight is 269 g/mol.